The number of unbranched alkanes of at least 4 members (excludes halogenated alkanes) is 5. The zero-order chi connectivity index (χ0) is 10.1. The van der Waals surface area contributed by atoms with Gasteiger partial charge in [0.2, 0.25) is 0 Å². The molecule has 1 nitrogen and oxygen atoms in total. The molecule has 0 aliphatic carbocycles. The second kappa shape index (κ2) is 8.28. The van der Waals surface area contributed by atoms with Crippen LogP contribution in [0.1, 0.15) is 71.1 Å². The summed E-state index contributed by atoms with van der Waals surface area (Å²) in [5, 5.41) is 0. The summed E-state index contributed by atoms with van der Waals surface area (Å²) in [7, 11) is 0. The van der Waals surface area contributed by atoms with Gasteiger partial charge in [-0.15, -0.1) is 0 Å². The minimum absolute atomic E-state index is 0.606. The molecule has 0 radical (unpaired) electrons. The molecule has 1 fully saturated rings. The molecule has 0 aromatic heterocycles. The van der Waals surface area contributed by atoms with Crippen molar-refractivity contribution in [3.05, 3.63) is 0 Å². The van der Waals surface area contributed by atoms with Crippen molar-refractivity contribution in [3.63, 3.8) is 0 Å². The van der Waals surface area contributed by atoms with E-state index in [0.29, 0.717) is 6.10 Å². The molecule has 0 saturated carbocycles. The first kappa shape index (κ1) is 12.0. The predicted molar refractivity (Wildman–Crippen MR) is 61.6 cm³/mol. The van der Waals surface area contributed by atoms with Crippen molar-refractivity contribution in [2.45, 2.75) is 77.2 Å². The van der Waals surface area contributed by atoms with Crippen LogP contribution in [0, 0.1) is 0 Å². The highest BCUT2D eigenvalue weighted by atomic mass is 16.5. The van der Waals surface area contributed by atoms with Crippen molar-refractivity contribution >= 4 is 0 Å². The van der Waals surface area contributed by atoms with Crippen molar-refractivity contribution in [1.82, 2.24) is 0 Å². The summed E-state index contributed by atoms with van der Waals surface area (Å²) in [4.78, 5) is 0. The Morgan fingerprint density at radius 2 is 1.79 bits per heavy atom. The van der Waals surface area contributed by atoms with Gasteiger partial charge in [0.05, 0.1) is 6.10 Å². The third-order valence-corrected chi connectivity index (χ3v) is 3.15. The Morgan fingerprint density at radius 3 is 2.50 bits per heavy atom. The molecule has 1 rings (SSSR count). The SMILES string of the molecule is CCCCCCCCC1CCCCO1. The molecule has 1 unspecified atom stereocenters. The van der Waals surface area contributed by atoms with Crippen LogP contribution in [0.5, 0.6) is 0 Å². The minimum Gasteiger partial charge on any atom is -0.378 e. The fourth-order valence-electron chi connectivity index (χ4n) is 2.19. The Morgan fingerprint density at radius 1 is 1.00 bits per heavy atom. The summed E-state index contributed by atoms with van der Waals surface area (Å²) in [6.07, 6.45) is 14.3. The standard InChI is InChI=1S/C13H26O/c1-2-3-4-5-6-7-10-13-11-8-9-12-14-13/h13H,2-12H2,1H3. The molecule has 0 aromatic rings. The number of rotatable bonds is 7. The zero-order valence-corrected chi connectivity index (χ0v) is 9.76. The minimum atomic E-state index is 0.606. The normalized spacial score (nSPS) is 22.5. The molecule has 1 aliphatic heterocycles. The van der Waals surface area contributed by atoms with Gasteiger partial charge in [0, 0.05) is 6.61 Å². The molecule has 0 amide bonds. The van der Waals surface area contributed by atoms with E-state index in [-0.39, 0.29) is 0 Å². The summed E-state index contributed by atoms with van der Waals surface area (Å²) in [5.41, 5.74) is 0. The maximum Gasteiger partial charge on any atom is 0.0575 e. The van der Waals surface area contributed by atoms with Crippen LogP contribution in [-0.2, 0) is 4.74 Å². The Kier molecular flexibility index (Phi) is 7.12. The maximum atomic E-state index is 5.71. The molecule has 1 heteroatoms. The van der Waals surface area contributed by atoms with Gasteiger partial charge < -0.3 is 4.74 Å². The summed E-state index contributed by atoms with van der Waals surface area (Å²) < 4.78 is 5.71. The quantitative estimate of drug-likeness (QED) is 0.554. The van der Waals surface area contributed by atoms with Gasteiger partial charge in [-0.1, -0.05) is 45.4 Å². The van der Waals surface area contributed by atoms with E-state index in [1.54, 1.807) is 0 Å². The van der Waals surface area contributed by atoms with E-state index in [0.717, 1.165) is 6.61 Å². The van der Waals surface area contributed by atoms with Gasteiger partial charge in [0.25, 0.3) is 0 Å². The van der Waals surface area contributed by atoms with Crippen LogP contribution in [-0.4, -0.2) is 12.7 Å². The maximum absolute atomic E-state index is 5.71. The molecule has 1 aliphatic rings. The molecule has 84 valence electrons. The van der Waals surface area contributed by atoms with Crippen LogP contribution in [0.4, 0.5) is 0 Å². The first-order chi connectivity index (χ1) is 6.93. The van der Waals surface area contributed by atoms with Gasteiger partial charge in [-0.3, -0.25) is 0 Å². The van der Waals surface area contributed by atoms with Crippen LogP contribution in [0.15, 0.2) is 0 Å². The largest absolute Gasteiger partial charge is 0.378 e. The highest BCUT2D eigenvalue weighted by molar-refractivity contribution is 4.63. The molecule has 0 spiro atoms. The number of hydrogen-bond acceptors (Lipinski definition) is 1. The summed E-state index contributed by atoms with van der Waals surface area (Å²) in [6.45, 7) is 3.29. The number of hydrogen-bond donors (Lipinski definition) is 0. The molecular formula is C13H26O. The third kappa shape index (κ3) is 5.64. The topological polar surface area (TPSA) is 9.23 Å². The van der Waals surface area contributed by atoms with Crippen molar-refractivity contribution in [2.24, 2.45) is 0 Å². The van der Waals surface area contributed by atoms with Crippen molar-refractivity contribution < 1.29 is 4.74 Å². The lowest BCUT2D eigenvalue weighted by molar-refractivity contribution is 0.00977. The van der Waals surface area contributed by atoms with Crippen LogP contribution < -0.4 is 0 Å². The van der Waals surface area contributed by atoms with Crippen LogP contribution in [0.2, 0.25) is 0 Å². The van der Waals surface area contributed by atoms with E-state index in [9.17, 15) is 0 Å². The van der Waals surface area contributed by atoms with E-state index in [4.69, 9.17) is 4.74 Å². The molecule has 0 aromatic carbocycles. The molecular weight excluding hydrogens is 172 g/mol. The Balaban J connectivity index is 1.82. The predicted octanol–water partition coefficient (Wildman–Crippen LogP) is 4.31. The fraction of sp³-hybridized carbons (Fsp3) is 1.00. The second-order valence-corrected chi connectivity index (χ2v) is 4.55. The van der Waals surface area contributed by atoms with E-state index >= 15 is 0 Å². The Hall–Kier alpha value is -0.0400. The molecule has 0 bridgehead atoms. The van der Waals surface area contributed by atoms with Gasteiger partial charge in [-0.25, -0.2) is 0 Å². The average Bonchev–Trinajstić information content (AvgIpc) is 2.25. The van der Waals surface area contributed by atoms with Gasteiger partial charge in [-0.05, 0) is 25.7 Å². The smallest absolute Gasteiger partial charge is 0.0575 e. The van der Waals surface area contributed by atoms with Crippen molar-refractivity contribution in [1.29, 1.82) is 0 Å². The highest BCUT2D eigenvalue weighted by Crippen LogP contribution is 2.18. The summed E-state index contributed by atoms with van der Waals surface area (Å²) >= 11 is 0. The fourth-order valence-corrected chi connectivity index (χ4v) is 2.19. The monoisotopic (exact) mass is 198 g/mol. The lowest BCUT2D eigenvalue weighted by Crippen LogP contribution is -2.18. The second-order valence-electron chi connectivity index (χ2n) is 4.55. The summed E-state index contributed by atoms with van der Waals surface area (Å²) in [5.74, 6) is 0. The van der Waals surface area contributed by atoms with Crippen LogP contribution >= 0.6 is 0 Å². The van der Waals surface area contributed by atoms with Gasteiger partial charge >= 0.3 is 0 Å². The molecule has 0 N–H and O–H groups in total. The molecule has 1 saturated heterocycles. The van der Waals surface area contributed by atoms with Crippen molar-refractivity contribution in [3.8, 4) is 0 Å². The highest BCUT2D eigenvalue weighted by Gasteiger charge is 2.12. The van der Waals surface area contributed by atoms with Gasteiger partial charge in [0.15, 0.2) is 0 Å². The van der Waals surface area contributed by atoms with Crippen LogP contribution in [0.3, 0.4) is 0 Å². The van der Waals surface area contributed by atoms with E-state index < -0.39 is 0 Å². The van der Waals surface area contributed by atoms with Gasteiger partial charge in [0.1, 0.15) is 0 Å². The third-order valence-electron chi connectivity index (χ3n) is 3.15. The lowest BCUT2D eigenvalue weighted by Gasteiger charge is -2.22. The molecule has 1 heterocycles. The van der Waals surface area contributed by atoms with Crippen molar-refractivity contribution in [2.75, 3.05) is 6.61 Å². The summed E-state index contributed by atoms with van der Waals surface area (Å²) in [6, 6.07) is 0. The average molecular weight is 198 g/mol. The van der Waals surface area contributed by atoms with E-state index in [2.05, 4.69) is 6.92 Å². The van der Waals surface area contributed by atoms with Crippen LogP contribution in [0.25, 0.3) is 0 Å². The first-order valence-corrected chi connectivity index (χ1v) is 6.55. The molecule has 14 heavy (non-hydrogen) atoms. The first-order valence-electron chi connectivity index (χ1n) is 6.55. The molecule has 1 atom stereocenters. The van der Waals surface area contributed by atoms with E-state index in [1.807, 2.05) is 0 Å². The van der Waals surface area contributed by atoms with E-state index in [1.165, 1.54) is 64.2 Å². The lowest BCUT2D eigenvalue weighted by atomic mass is 10.0. The Labute approximate surface area is 89.2 Å². The van der Waals surface area contributed by atoms with Gasteiger partial charge in [-0.2, -0.15) is 0 Å². The zero-order valence-electron chi connectivity index (χ0n) is 9.76. The number of ether oxygens (including phenoxy) is 1. The Bertz CT molecular complexity index is 116.